The Balaban J connectivity index is 2.10. The molecule has 0 amide bonds. The topological polar surface area (TPSA) is 62.4 Å². The van der Waals surface area contributed by atoms with Gasteiger partial charge in [0.1, 0.15) is 5.82 Å². The third kappa shape index (κ3) is 2.04. The maximum Gasteiger partial charge on any atom is 0.128 e. The molecule has 0 radical (unpaired) electrons. The number of hydrogen-bond donors (Lipinski definition) is 2. The average molecular weight is 207 g/mol. The van der Waals surface area contributed by atoms with E-state index in [0.717, 1.165) is 18.9 Å². The molecule has 1 aromatic heterocycles. The van der Waals surface area contributed by atoms with Crippen LogP contribution in [0.15, 0.2) is 18.3 Å². The maximum atomic E-state index is 9.18. The number of nitrogens with zero attached hydrogens (tertiary/aromatic N) is 2. The number of aliphatic hydroxyl groups is 1. The van der Waals surface area contributed by atoms with Crippen LogP contribution in [-0.4, -0.2) is 29.8 Å². The lowest BCUT2D eigenvalue weighted by molar-refractivity contribution is 0.212. The number of nitrogen functional groups attached to an aromatic ring is 1. The van der Waals surface area contributed by atoms with Gasteiger partial charge in [0.05, 0.1) is 11.9 Å². The SMILES string of the molecule is C[C@@H]1CN(c2ccc(N)cn2)C[C@@H]1CO. The van der Waals surface area contributed by atoms with Gasteiger partial charge in [-0.2, -0.15) is 0 Å². The zero-order valence-electron chi connectivity index (χ0n) is 8.93. The lowest BCUT2D eigenvalue weighted by atomic mass is 10.00. The lowest BCUT2D eigenvalue weighted by Crippen LogP contribution is -2.21. The standard InChI is InChI=1S/C11H17N3O/c1-8-5-14(6-9(8)7-15)11-3-2-10(12)4-13-11/h2-4,8-9,15H,5-7,12H2,1H3/t8-,9-/m1/s1. The molecule has 0 unspecified atom stereocenters. The van der Waals surface area contributed by atoms with E-state index in [-0.39, 0.29) is 6.61 Å². The molecular weight excluding hydrogens is 190 g/mol. The molecule has 0 aromatic carbocycles. The minimum absolute atomic E-state index is 0.257. The Morgan fingerprint density at radius 1 is 1.53 bits per heavy atom. The largest absolute Gasteiger partial charge is 0.397 e. The minimum atomic E-state index is 0.257. The summed E-state index contributed by atoms with van der Waals surface area (Å²) in [6.07, 6.45) is 1.67. The van der Waals surface area contributed by atoms with Gasteiger partial charge in [0.25, 0.3) is 0 Å². The molecular formula is C11H17N3O. The molecule has 1 aliphatic heterocycles. The van der Waals surface area contributed by atoms with Gasteiger partial charge in [-0.1, -0.05) is 6.92 Å². The first-order chi connectivity index (χ1) is 7.20. The van der Waals surface area contributed by atoms with Crippen molar-refractivity contribution in [1.82, 2.24) is 4.98 Å². The van der Waals surface area contributed by atoms with Gasteiger partial charge < -0.3 is 15.7 Å². The third-order valence-corrected chi connectivity index (χ3v) is 3.10. The summed E-state index contributed by atoms with van der Waals surface area (Å²) in [4.78, 5) is 6.48. The van der Waals surface area contributed by atoms with Crippen molar-refractivity contribution in [2.45, 2.75) is 6.92 Å². The van der Waals surface area contributed by atoms with Gasteiger partial charge in [-0.15, -0.1) is 0 Å². The number of anilines is 2. The molecule has 3 N–H and O–H groups in total. The summed E-state index contributed by atoms with van der Waals surface area (Å²) in [6.45, 7) is 4.27. The molecule has 0 aliphatic carbocycles. The Bertz CT molecular complexity index is 325. The van der Waals surface area contributed by atoms with Crippen LogP contribution in [0.1, 0.15) is 6.92 Å². The van der Waals surface area contributed by atoms with Crippen LogP contribution in [0, 0.1) is 11.8 Å². The molecule has 1 fully saturated rings. The fourth-order valence-corrected chi connectivity index (χ4v) is 2.04. The van der Waals surface area contributed by atoms with E-state index in [9.17, 15) is 5.11 Å². The van der Waals surface area contributed by atoms with Crippen LogP contribution in [0.2, 0.25) is 0 Å². The van der Waals surface area contributed by atoms with Crippen LogP contribution >= 0.6 is 0 Å². The monoisotopic (exact) mass is 207 g/mol. The fraction of sp³-hybridized carbons (Fsp3) is 0.545. The Labute approximate surface area is 89.7 Å². The quantitative estimate of drug-likeness (QED) is 0.750. The molecule has 1 aliphatic rings. The first-order valence-corrected chi connectivity index (χ1v) is 5.28. The number of aliphatic hydroxyl groups excluding tert-OH is 1. The molecule has 0 saturated carbocycles. The van der Waals surface area contributed by atoms with E-state index < -0.39 is 0 Å². The summed E-state index contributed by atoms with van der Waals surface area (Å²) in [5.74, 6) is 1.84. The van der Waals surface area contributed by atoms with Gasteiger partial charge in [-0.3, -0.25) is 0 Å². The molecule has 2 atom stereocenters. The molecule has 15 heavy (non-hydrogen) atoms. The van der Waals surface area contributed by atoms with E-state index in [1.54, 1.807) is 6.20 Å². The molecule has 2 heterocycles. The van der Waals surface area contributed by atoms with Gasteiger partial charge in [0.2, 0.25) is 0 Å². The van der Waals surface area contributed by atoms with Gasteiger partial charge in [0.15, 0.2) is 0 Å². The van der Waals surface area contributed by atoms with E-state index in [1.165, 1.54) is 0 Å². The summed E-state index contributed by atoms with van der Waals surface area (Å²) < 4.78 is 0. The summed E-state index contributed by atoms with van der Waals surface area (Å²) in [6, 6.07) is 3.79. The second-order valence-corrected chi connectivity index (χ2v) is 4.27. The first kappa shape index (κ1) is 10.2. The van der Waals surface area contributed by atoms with Crippen LogP contribution in [0.4, 0.5) is 11.5 Å². The van der Waals surface area contributed by atoms with E-state index >= 15 is 0 Å². The van der Waals surface area contributed by atoms with E-state index in [1.807, 2.05) is 12.1 Å². The van der Waals surface area contributed by atoms with Crippen molar-refractivity contribution in [3.8, 4) is 0 Å². The van der Waals surface area contributed by atoms with E-state index in [0.29, 0.717) is 17.5 Å². The van der Waals surface area contributed by atoms with Crippen molar-refractivity contribution in [3.63, 3.8) is 0 Å². The summed E-state index contributed by atoms with van der Waals surface area (Å²) >= 11 is 0. The molecule has 0 bridgehead atoms. The van der Waals surface area contributed by atoms with Crippen molar-refractivity contribution in [1.29, 1.82) is 0 Å². The summed E-state index contributed by atoms with van der Waals surface area (Å²) in [7, 11) is 0. The van der Waals surface area contributed by atoms with E-state index in [2.05, 4.69) is 16.8 Å². The molecule has 4 nitrogen and oxygen atoms in total. The second-order valence-electron chi connectivity index (χ2n) is 4.27. The first-order valence-electron chi connectivity index (χ1n) is 5.28. The van der Waals surface area contributed by atoms with Crippen LogP contribution in [0.25, 0.3) is 0 Å². The highest BCUT2D eigenvalue weighted by Crippen LogP contribution is 2.26. The van der Waals surface area contributed by atoms with Crippen molar-refractivity contribution >= 4 is 11.5 Å². The zero-order valence-corrected chi connectivity index (χ0v) is 8.93. The fourth-order valence-electron chi connectivity index (χ4n) is 2.04. The predicted molar refractivity (Wildman–Crippen MR) is 60.6 cm³/mol. The van der Waals surface area contributed by atoms with Crippen LogP contribution in [-0.2, 0) is 0 Å². The molecule has 0 spiro atoms. The van der Waals surface area contributed by atoms with Crippen LogP contribution < -0.4 is 10.6 Å². The number of nitrogens with two attached hydrogens (primary N) is 1. The number of pyridine rings is 1. The highest BCUT2D eigenvalue weighted by atomic mass is 16.3. The molecule has 2 rings (SSSR count). The Morgan fingerprint density at radius 2 is 2.33 bits per heavy atom. The van der Waals surface area contributed by atoms with Crippen LogP contribution in [0.5, 0.6) is 0 Å². The predicted octanol–water partition coefficient (Wildman–Crippen LogP) is 0.728. The summed E-state index contributed by atoms with van der Waals surface area (Å²) in [5, 5.41) is 9.18. The Hall–Kier alpha value is -1.29. The minimum Gasteiger partial charge on any atom is -0.397 e. The van der Waals surface area contributed by atoms with E-state index in [4.69, 9.17) is 5.73 Å². The van der Waals surface area contributed by atoms with Crippen molar-refractivity contribution in [2.24, 2.45) is 11.8 Å². The number of hydrogen-bond acceptors (Lipinski definition) is 4. The van der Waals surface area contributed by atoms with Crippen molar-refractivity contribution in [3.05, 3.63) is 18.3 Å². The number of aromatic nitrogens is 1. The lowest BCUT2D eigenvalue weighted by Gasteiger charge is -2.16. The van der Waals surface area contributed by atoms with Gasteiger partial charge in [-0.25, -0.2) is 4.98 Å². The van der Waals surface area contributed by atoms with Crippen molar-refractivity contribution in [2.75, 3.05) is 30.3 Å². The molecule has 82 valence electrons. The smallest absolute Gasteiger partial charge is 0.128 e. The summed E-state index contributed by atoms with van der Waals surface area (Å²) in [5.41, 5.74) is 6.27. The highest BCUT2D eigenvalue weighted by Gasteiger charge is 2.29. The maximum absolute atomic E-state index is 9.18. The Kier molecular flexibility index (Phi) is 2.77. The van der Waals surface area contributed by atoms with Crippen molar-refractivity contribution < 1.29 is 5.11 Å². The average Bonchev–Trinajstić information content (AvgIpc) is 2.61. The number of rotatable bonds is 2. The van der Waals surface area contributed by atoms with Gasteiger partial charge in [0, 0.05) is 25.6 Å². The third-order valence-electron chi connectivity index (χ3n) is 3.10. The highest BCUT2D eigenvalue weighted by molar-refractivity contribution is 5.46. The zero-order chi connectivity index (χ0) is 10.8. The second kappa shape index (κ2) is 4.06. The Morgan fingerprint density at radius 3 is 2.87 bits per heavy atom. The normalized spacial score (nSPS) is 25.9. The van der Waals surface area contributed by atoms with Gasteiger partial charge in [-0.05, 0) is 18.1 Å². The van der Waals surface area contributed by atoms with Gasteiger partial charge >= 0.3 is 0 Å². The van der Waals surface area contributed by atoms with Crippen LogP contribution in [0.3, 0.4) is 0 Å². The molecule has 1 saturated heterocycles. The molecule has 1 aromatic rings. The molecule has 4 heteroatoms.